The maximum Gasteiger partial charge on any atom is 0.251 e. The zero-order chi connectivity index (χ0) is 17.7. The molecule has 25 heavy (non-hydrogen) atoms. The van der Waals surface area contributed by atoms with Gasteiger partial charge in [0.2, 0.25) is 10.0 Å². The first kappa shape index (κ1) is 18.4. The molecule has 0 aromatic heterocycles. The second kappa shape index (κ2) is 8.29. The molecule has 0 unspecified atom stereocenters. The number of sulfonamides is 1. The van der Waals surface area contributed by atoms with Crippen molar-refractivity contribution in [2.75, 3.05) is 39.3 Å². The van der Waals surface area contributed by atoms with Crippen LogP contribution in [0.1, 0.15) is 42.5 Å². The van der Waals surface area contributed by atoms with Crippen molar-refractivity contribution in [3.8, 4) is 0 Å². The molecule has 2 heterocycles. The molecule has 0 atom stereocenters. The zero-order valence-electron chi connectivity index (χ0n) is 14.6. The Labute approximate surface area is 150 Å². The molecule has 0 saturated carbocycles. The van der Waals surface area contributed by atoms with Crippen LogP contribution < -0.4 is 5.32 Å². The van der Waals surface area contributed by atoms with E-state index in [1.165, 1.54) is 12.8 Å². The molecule has 0 radical (unpaired) electrons. The van der Waals surface area contributed by atoms with Crippen molar-refractivity contribution in [1.29, 1.82) is 0 Å². The number of rotatable bonds is 6. The van der Waals surface area contributed by atoms with Crippen molar-refractivity contribution in [2.45, 2.75) is 37.0 Å². The molecule has 2 saturated heterocycles. The summed E-state index contributed by atoms with van der Waals surface area (Å²) < 4.78 is 26.8. The second-order valence-corrected chi connectivity index (χ2v) is 8.73. The van der Waals surface area contributed by atoms with E-state index in [0.29, 0.717) is 25.2 Å². The second-order valence-electron chi connectivity index (χ2n) is 6.79. The number of piperidine rings is 1. The number of carbonyl (C=O) groups excluding carboxylic acids is 1. The van der Waals surface area contributed by atoms with Gasteiger partial charge in [-0.25, -0.2) is 8.42 Å². The minimum Gasteiger partial charge on any atom is -0.351 e. The van der Waals surface area contributed by atoms with Crippen LogP contribution in [0, 0.1) is 0 Å². The third-order valence-electron chi connectivity index (χ3n) is 4.98. The summed E-state index contributed by atoms with van der Waals surface area (Å²) in [5.41, 5.74) is 0.499. The molecule has 2 fully saturated rings. The van der Waals surface area contributed by atoms with Crippen LogP contribution in [0.25, 0.3) is 0 Å². The van der Waals surface area contributed by atoms with Gasteiger partial charge in [-0.15, -0.1) is 0 Å². The summed E-state index contributed by atoms with van der Waals surface area (Å²) >= 11 is 0. The molecule has 2 aliphatic rings. The number of benzene rings is 1. The Morgan fingerprint density at radius 3 is 2.16 bits per heavy atom. The van der Waals surface area contributed by atoms with Gasteiger partial charge in [-0.05, 0) is 63.0 Å². The van der Waals surface area contributed by atoms with Crippen molar-refractivity contribution < 1.29 is 13.2 Å². The van der Waals surface area contributed by atoms with E-state index < -0.39 is 10.0 Å². The minimum absolute atomic E-state index is 0.152. The fourth-order valence-electron chi connectivity index (χ4n) is 3.47. The van der Waals surface area contributed by atoms with E-state index in [0.717, 1.165) is 38.9 Å². The lowest BCUT2D eigenvalue weighted by atomic mass is 10.2. The number of nitrogens with zero attached hydrogens (tertiary/aromatic N) is 2. The molecule has 2 aliphatic heterocycles. The first-order valence-electron chi connectivity index (χ1n) is 9.18. The van der Waals surface area contributed by atoms with Crippen molar-refractivity contribution in [3.05, 3.63) is 29.8 Å². The largest absolute Gasteiger partial charge is 0.351 e. The Kier molecular flexibility index (Phi) is 6.09. The molecule has 1 aromatic rings. The van der Waals surface area contributed by atoms with E-state index in [2.05, 4.69) is 10.2 Å². The zero-order valence-corrected chi connectivity index (χ0v) is 15.4. The van der Waals surface area contributed by atoms with Gasteiger partial charge in [0.05, 0.1) is 4.90 Å². The van der Waals surface area contributed by atoms with Crippen LogP contribution >= 0.6 is 0 Å². The highest BCUT2D eigenvalue weighted by atomic mass is 32.2. The number of hydrogen-bond acceptors (Lipinski definition) is 4. The van der Waals surface area contributed by atoms with Crippen LogP contribution in [0.15, 0.2) is 29.2 Å². The Morgan fingerprint density at radius 1 is 0.920 bits per heavy atom. The molecule has 6 nitrogen and oxygen atoms in total. The lowest BCUT2D eigenvalue weighted by molar-refractivity contribution is 0.0949. The van der Waals surface area contributed by atoms with E-state index in [4.69, 9.17) is 0 Å². The van der Waals surface area contributed by atoms with E-state index in [1.54, 1.807) is 28.6 Å². The quantitative estimate of drug-likeness (QED) is 0.833. The van der Waals surface area contributed by atoms with Crippen LogP contribution in [-0.4, -0.2) is 62.8 Å². The predicted octanol–water partition coefficient (Wildman–Crippen LogP) is 1.69. The van der Waals surface area contributed by atoms with E-state index in [9.17, 15) is 13.2 Å². The van der Waals surface area contributed by atoms with Crippen LogP contribution in [0.2, 0.25) is 0 Å². The van der Waals surface area contributed by atoms with Crippen molar-refractivity contribution in [1.82, 2.24) is 14.5 Å². The normalized spacial score (nSPS) is 19.8. The number of amides is 1. The average molecular weight is 365 g/mol. The topological polar surface area (TPSA) is 69.7 Å². The number of nitrogens with one attached hydrogen (secondary N) is 1. The summed E-state index contributed by atoms with van der Waals surface area (Å²) in [6.45, 7) is 4.87. The van der Waals surface area contributed by atoms with Gasteiger partial charge in [-0.3, -0.25) is 4.79 Å². The SMILES string of the molecule is O=C(NCCN1CCCC1)c1ccc(S(=O)(=O)N2CCCCC2)cc1. The van der Waals surface area contributed by atoms with Crippen LogP contribution in [-0.2, 0) is 10.0 Å². The van der Waals surface area contributed by atoms with E-state index >= 15 is 0 Å². The highest BCUT2D eigenvalue weighted by Crippen LogP contribution is 2.20. The van der Waals surface area contributed by atoms with Crippen LogP contribution in [0.4, 0.5) is 0 Å². The van der Waals surface area contributed by atoms with E-state index in [-0.39, 0.29) is 10.8 Å². The third-order valence-corrected chi connectivity index (χ3v) is 6.89. The Balaban J connectivity index is 1.56. The van der Waals surface area contributed by atoms with Crippen molar-refractivity contribution >= 4 is 15.9 Å². The fraction of sp³-hybridized carbons (Fsp3) is 0.611. The van der Waals surface area contributed by atoms with Gasteiger partial charge >= 0.3 is 0 Å². The summed E-state index contributed by atoms with van der Waals surface area (Å²) in [6.07, 6.45) is 5.39. The Hall–Kier alpha value is -1.44. The highest BCUT2D eigenvalue weighted by Gasteiger charge is 2.25. The molecule has 1 aromatic carbocycles. The molecule has 0 bridgehead atoms. The van der Waals surface area contributed by atoms with Gasteiger partial charge in [0.15, 0.2) is 0 Å². The monoisotopic (exact) mass is 365 g/mol. The van der Waals surface area contributed by atoms with Gasteiger partial charge in [-0.2, -0.15) is 4.31 Å². The standard InChI is InChI=1S/C18H27N3O3S/c22-18(19-10-15-20-11-4-5-12-20)16-6-8-17(9-7-16)25(23,24)21-13-2-1-3-14-21/h6-9H,1-5,10-15H2,(H,19,22). The smallest absolute Gasteiger partial charge is 0.251 e. The summed E-state index contributed by atoms with van der Waals surface area (Å²) in [5, 5.41) is 2.91. The summed E-state index contributed by atoms with van der Waals surface area (Å²) in [6, 6.07) is 6.28. The Bertz CT molecular complexity index is 676. The summed E-state index contributed by atoms with van der Waals surface area (Å²) in [7, 11) is -3.44. The predicted molar refractivity (Wildman–Crippen MR) is 97.1 cm³/mol. The molecular formula is C18H27N3O3S. The molecule has 1 N–H and O–H groups in total. The van der Waals surface area contributed by atoms with Crippen molar-refractivity contribution in [3.63, 3.8) is 0 Å². The summed E-state index contributed by atoms with van der Waals surface area (Å²) in [4.78, 5) is 14.8. The lowest BCUT2D eigenvalue weighted by Gasteiger charge is -2.25. The number of carbonyl (C=O) groups is 1. The maximum atomic E-state index is 12.6. The number of hydrogen-bond donors (Lipinski definition) is 1. The Morgan fingerprint density at radius 2 is 1.52 bits per heavy atom. The molecule has 3 rings (SSSR count). The molecule has 0 aliphatic carbocycles. The third kappa shape index (κ3) is 4.59. The highest BCUT2D eigenvalue weighted by molar-refractivity contribution is 7.89. The molecule has 138 valence electrons. The molecule has 7 heteroatoms. The summed E-state index contributed by atoms with van der Waals surface area (Å²) in [5.74, 6) is -0.152. The van der Waals surface area contributed by atoms with Crippen LogP contribution in [0.5, 0.6) is 0 Å². The lowest BCUT2D eigenvalue weighted by Crippen LogP contribution is -2.35. The molecule has 0 spiro atoms. The van der Waals surface area contributed by atoms with Gasteiger partial charge in [0.1, 0.15) is 0 Å². The first-order valence-corrected chi connectivity index (χ1v) is 10.6. The first-order chi connectivity index (χ1) is 12.1. The molecular weight excluding hydrogens is 338 g/mol. The van der Waals surface area contributed by atoms with Crippen LogP contribution in [0.3, 0.4) is 0 Å². The fourth-order valence-corrected chi connectivity index (χ4v) is 4.99. The molecule has 1 amide bonds. The van der Waals surface area contributed by atoms with Gasteiger partial charge in [0.25, 0.3) is 5.91 Å². The van der Waals surface area contributed by atoms with Crippen molar-refractivity contribution in [2.24, 2.45) is 0 Å². The van der Waals surface area contributed by atoms with Gasteiger partial charge in [-0.1, -0.05) is 6.42 Å². The van der Waals surface area contributed by atoms with Gasteiger partial charge in [0, 0.05) is 31.7 Å². The van der Waals surface area contributed by atoms with Gasteiger partial charge < -0.3 is 10.2 Å². The average Bonchev–Trinajstić information content (AvgIpc) is 3.16. The minimum atomic E-state index is -3.44. The van der Waals surface area contributed by atoms with E-state index in [1.807, 2.05) is 0 Å². The maximum absolute atomic E-state index is 12.6. The number of likely N-dealkylation sites (tertiary alicyclic amines) is 1.